The van der Waals surface area contributed by atoms with Crippen LogP contribution in [-0.4, -0.2) is 13.0 Å². The van der Waals surface area contributed by atoms with Crippen LogP contribution in [0.3, 0.4) is 0 Å². The Morgan fingerprint density at radius 3 is 2.69 bits per heavy atom. The number of nitrogens with zero attached hydrogens (tertiary/aromatic N) is 1. The van der Waals surface area contributed by atoms with Crippen LogP contribution >= 0.6 is 34.2 Å². The second-order valence-electron chi connectivity index (χ2n) is 6.55. The van der Waals surface area contributed by atoms with E-state index in [1.165, 1.54) is 19.3 Å². The van der Waals surface area contributed by atoms with Crippen molar-refractivity contribution >= 4 is 51.9 Å². The summed E-state index contributed by atoms with van der Waals surface area (Å²) < 4.78 is 25.8. The maximum absolute atomic E-state index is 13.9. The van der Waals surface area contributed by atoms with Gasteiger partial charge in [0.2, 0.25) is 0 Å². The van der Waals surface area contributed by atoms with E-state index in [2.05, 4.69) is 27.9 Å². The molecule has 0 aliphatic rings. The molecule has 32 heavy (non-hydrogen) atoms. The average Bonchev–Trinajstić information content (AvgIpc) is 2.77. The lowest BCUT2D eigenvalue weighted by Gasteiger charge is -2.14. The van der Waals surface area contributed by atoms with Crippen LogP contribution in [0.4, 0.5) is 10.1 Å². The Balaban J connectivity index is 1.83. The Bertz CT molecular complexity index is 1220. The zero-order valence-corrected chi connectivity index (χ0v) is 19.8. The largest absolute Gasteiger partial charge is 0.493 e. The zero-order valence-electron chi connectivity index (χ0n) is 16.9. The van der Waals surface area contributed by atoms with Crippen molar-refractivity contribution in [1.29, 1.82) is 5.26 Å². The molecule has 0 saturated heterocycles. The molecule has 1 amide bonds. The van der Waals surface area contributed by atoms with E-state index in [-0.39, 0.29) is 18.0 Å². The minimum absolute atomic E-state index is 0.0275. The number of amides is 1. The summed E-state index contributed by atoms with van der Waals surface area (Å²) in [6.07, 6.45) is 1.45. The molecule has 0 atom stereocenters. The van der Waals surface area contributed by atoms with Crippen molar-refractivity contribution in [1.82, 2.24) is 0 Å². The van der Waals surface area contributed by atoms with E-state index < -0.39 is 5.91 Å². The molecule has 0 bridgehead atoms. The van der Waals surface area contributed by atoms with E-state index >= 15 is 0 Å². The lowest BCUT2D eigenvalue weighted by molar-refractivity contribution is -0.112. The predicted octanol–water partition coefficient (Wildman–Crippen LogP) is 6.22. The average molecular weight is 563 g/mol. The first-order valence-electron chi connectivity index (χ1n) is 9.33. The van der Waals surface area contributed by atoms with Gasteiger partial charge >= 0.3 is 0 Å². The maximum atomic E-state index is 13.9. The molecule has 0 aliphatic carbocycles. The van der Waals surface area contributed by atoms with Gasteiger partial charge in [0.25, 0.3) is 5.91 Å². The third-order valence-corrected chi connectivity index (χ3v) is 5.38. The number of carbonyl (C=O) groups is 1. The molecule has 0 spiro atoms. The molecule has 3 aromatic rings. The van der Waals surface area contributed by atoms with Gasteiger partial charge in [0.1, 0.15) is 24.1 Å². The lowest BCUT2D eigenvalue weighted by atomic mass is 10.1. The molecule has 8 heteroatoms. The Morgan fingerprint density at radius 1 is 1.22 bits per heavy atom. The molecule has 0 fully saturated rings. The molecule has 3 aromatic carbocycles. The van der Waals surface area contributed by atoms with Crippen molar-refractivity contribution in [2.24, 2.45) is 0 Å². The minimum atomic E-state index is -0.566. The molecule has 0 aliphatic heterocycles. The van der Waals surface area contributed by atoms with E-state index in [4.69, 9.17) is 21.1 Å². The molecule has 0 unspecified atom stereocenters. The Labute approximate surface area is 203 Å². The van der Waals surface area contributed by atoms with Crippen molar-refractivity contribution in [3.05, 3.63) is 91.8 Å². The normalized spacial score (nSPS) is 10.9. The van der Waals surface area contributed by atoms with Crippen LogP contribution in [0.1, 0.15) is 11.1 Å². The lowest BCUT2D eigenvalue weighted by Crippen LogP contribution is -2.13. The number of hydrogen-bond acceptors (Lipinski definition) is 4. The van der Waals surface area contributed by atoms with Crippen LogP contribution in [0, 0.1) is 20.7 Å². The highest BCUT2D eigenvalue weighted by molar-refractivity contribution is 14.1. The van der Waals surface area contributed by atoms with Gasteiger partial charge in [0.05, 0.1) is 10.7 Å². The van der Waals surface area contributed by atoms with Crippen molar-refractivity contribution < 1.29 is 18.7 Å². The van der Waals surface area contributed by atoms with Crippen LogP contribution in [0.15, 0.2) is 66.2 Å². The SMILES string of the molecule is COc1cc(/C=C(\C#N)C(=O)Nc2cccc(Cl)c2)cc(I)c1OCc1ccccc1F. The fourth-order valence-corrected chi connectivity index (χ4v) is 3.78. The van der Waals surface area contributed by atoms with Gasteiger partial charge in [-0.3, -0.25) is 4.79 Å². The summed E-state index contributed by atoms with van der Waals surface area (Å²) in [5.41, 5.74) is 1.37. The second kappa shape index (κ2) is 11.0. The molecule has 0 radical (unpaired) electrons. The summed E-state index contributed by atoms with van der Waals surface area (Å²) in [6.45, 7) is 0.0275. The van der Waals surface area contributed by atoms with Gasteiger partial charge in [-0.05, 0) is 70.6 Å². The van der Waals surface area contributed by atoms with Gasteiger partial charge < -0.3 is 14.8 Å². The Kier molecular flexibility index (Phi) is 8.09. The minimum Gasteiger partial charge on any atom is -0.493 e. The number of anilines is 1. The molecular weight excluding hydrogens is 546 g/mol. The standard InChI is InChI=1S/C24H17ClFIN2O3/c1-31-22-11-15(9-17(13-28)24(30)29-19-7-4-6-18(25)12-19)10-21(27)23(22)32-14-16-5-2-3-8-20(16)26/h2-12H,14H2,1H3,(H,29,30)/b17-9+. The highest BCUT2D eigenvalue weighted by Gasteiger charge is 2.15. The summed E-state index contributed by atoms with van der Waals surface area (Å²) in [5.74, 6) is -0.0866. The molecule has 0 saturated carbocycles. The number of halogens is 3. The molecule has 162 valence electrons. The molecule has 0 heterocycles. The molecular formula is C24H17ClFIN2O3. The van der Waals surface area contributed by atoms with Gasteiger partial charge in [-0.25, -0.2) is 4.39 Å². The fourth-order valence-electron chi connectivity index (χ4n) is 2.81. The van der Waals surface area contributed by atoms with Crippen LogP contribution in [0.5, 0.6) is 11.5 Å². The number of methoxy groups -OCH3 is 1. The molecule has 5 nitrogen and oxygen atoms in total. The number of rotatable bonds is 7. The first kappa shape index (κ1) is 23.6. The van der Waals surface area contributed by atoms with Crippen molar-refractivity contribution in [2.75, 3.05) is 12.4 Å². The number of nitrogens with one attached hydrogen (secondary N) is 1. The molecule has 1 N–H and O–H groups in total. The highest BCUT2D eigenvalue weighted by atomic mass is 127. The topological polar surface area (TPSA) is 71.3 Å². The van der Waals surface area contributed by atoms with Gasteiger partial charge in [-0.1, -0.05) is 35.9 Å². The number of hydrogen-bond donors (Lipinski definition) is 1. The number of carbonyl (C=O) groups excluding carboxylic acids is 1. The van der Waals surface area contributed by atoms with Crippen LogP contribution < -0.4 is 14.8 Å². The van der Waals surface area contributed by atoms with E-state index in [1.54, 1.807) is 54.6 Å². The van der Waals surface area contributed by atoms with Gasteiger partial charge in [-0.15, -0.1) is 0 Å². The van der Waals surface area contributed by atoms with Crippen LogP contribution in [0.2, 0.25) is 5.02 Å². The smallest absolute Gasteiger partial charge is 0.266 e. The Morgan fingerprint density at radius 2 is 2.00 bits per heavy atom. The van der Waals surface area contributed by atoms with Crippen molar-refractivity contribution in [2.45, 2.75) is 6.61 Å². The second-order valence-corrected chi connectivity index (χ2v) is 8.15. The van der Waals surface area contributed by atoms with Crippen molar-refractivity contribution in [3.8, 4) is 17.6 Å². The number of benzene rings is 3. The molecule has 0 aromatic heterocycles. The monoisotopic (exact) mass is 562 g/mol. The number of nitriles is 1. The summed E-state index contributed by atoms with van der Waals surface area (Å²) in [5, 5.41) is 12.6. The summed E-state index contributed by atoms with van der Waals surface area (Å²) in [7, 11) is 1.48. The predicted molar refractivity (Wildman–Crippen MR) is 130 cm³/mol. The maximum Gasteiger partial charge on any atom is 0.266 e. The van der Waals surface area contributed by atoms with Crippen LogP contribution in [-0.2, 0) is 11.4 Å². The quantitative estimate of drug-likeness (QED) is 0.211. The van der Waals surface area contributed by atoms with Gasteiger partial charge in [0, 0.05) is 16.3 Å². The van der Waals surface area contributed by atoms with Crippen LogP contribution in [0.25, 0.3) is 6.08 Å². The first-order chi connectivity index (χ1) is 15.4. The third kappa shape index (κ3) is 5.99. The van der Waals surface area contributed by atoms with Gasteiger partial charge in [0.15, 0.2) is 11.5 Å². The zero-order chi connectivity index (χ0) is 23.1. The number of ether oxygens (including phenoxy) is 2. The molecule has 3 rings (SSSR count). The fraction of sp³-hybridized carbons (Fsp3) is 0.0833. The highest BCUT2D eigenvalue weighted by Crippen LogP contribution is 2.35. The summed E-state index contributed by atoms with van der Waals surface area (Å²) in [6, 6.07) is 18.3. The van der Waals surface area contributed by atoms with E-state index in [9.17, 15) is 14.4 Å². The van der Waals surface area contributed by atoms with Crippen molar-refractivity contribution in [3.63, 3.8) is 0 Å². The first-order valence-corrected chi connectivity index (χ1v) is 10.8. The Hall–Kier alpha value is -3.09. The van der Waals surface area contributed by atoms with Gasteiger partial charge in [-0.2, -0.15) is 5.26 Å². The van der Waals surface area contributed by atoms with E-state index in [0.29, 0.717) is 36.9 Å². The summed E-state index contributed by atoms with van der Waals surface area (Å²) in [4.78, 5) is 12.5. The third-order valence-electron chi connectivity index (χ3n) is 4.34. The summed E-state index contributed by atoms with van der Waals surface area (Å²) >= 11 is 7.99. The van der Waals surface area contributed by atoms with E-state index in [1.807, 2.05) is 6.07 Å². The van der Waals surface area contributed by atoms with E-state index in [0.717, 1.165) is 0 Å².